The molecule has 0 unspecified atom stereocenters. The zero-order valence-electron chi connectivity index (χ0n) is 21.1. The van der Waals surface area contributed by atoms with E-state index in [9.17, 15) is 4.79 Å². The summed E-state index contributed by atoms with van der Waals surface area (Å²) in [6, 6.07) is 29.8. The fourth-order valence-corrected chi connectivity index (χ4v) is 4.78. The fourth-order valence-electron chi connectivity index (χ4n) is 4.78. The van der Waals surface area contributed by atoms with Crippen LogP contribution < -0.4 is 5.01 Å². The van der Waals surface area contributed by atoms with Gasteiger partial charge in [-0.2, -0.15) is 5.10 Å². The Kier molecular flexibility index (Phi) is 6.40. The molecule has 0 fully saturated rings. The van der Waals surface area contributed by atoms with Gasteiger partial charge in [-0.15, -0.1) is 5.10 Å². The minimum atomic E-state index is -0.292. The molecule has 0 radical (unpaired) electrons. The third-order valence-corrected chi connectivity index (χ3v) is 6.72. The number of rotatable bonds is 8. The maximum atomic E-state index is 12.8. The number of H-pyrrole nitrogens is 1. The molecule has 4 aromatic carbocycles. The molecular formula is C31H27N5O2. The van der Waals surface area contributed by atoms with Gasteiger partial charge in [0.1, 0.15) is 5.52 Å². The van der Waals surface area contributed by atoms with Crippen molar-refractivity contribution in [3.8, 4) is 11.1 Å². The van der Waals surface area contributed by atoms with E-state index in [0.717, 1.165) is 69.6 Å². The van der Waals surface area contributed by atoms with Crippen molar-refractivity contribution in [2.45, 2.75) is 26.2 Å². The second kappa shape index (κ2) is 10.3. The van der Waals surface area contributed by atoms with Crippen LogP contribution in [0.2, 0.25) is 0 Å². The van der Waals surface area contributed by atoms with Crippen molar-refractivity contribution >= 4 is 34.1 Å². The van der Waals surface area contributed by atoms with E-state index in [1.54, 1.807) is 0 Å². The van der Waals surface area contributed by atoms with Crippen molar-refractivity contribution in [3.63, 3.8) is 0 Å². The Morgan fingerprint density at radius 1 is 0.842 bits per heavy atom. The van der Waals surface area contributed by atoms with Crippen LogP contribution >= 0.6 is 0 Å². The van der Waals surface area contributed by atoms with Crippen molar-refractivity contribution < 1.29 is 9.53 Å². The number of hydrogen-bond donors (Lipinski definition) is 1. The number of nitrogens with zero attached hydrogens (tertiary/aromatic N) is 4. The first-order valence-corrected chi connectivity index (χ1v) is 12.9. The molecule has 0 saturated heterocycles. The van der Waals surface area contributed by atoms with Crippen LogP contribution in [0.3, 0.4) is 0 Å². The number of aromatic nitrogens is 3. The van der Waals surface area contributed by atoms with E-state index in [1.807, 2.05) is 83.9 Å². The number of carbonyl (C=O) groups is 1. The number of benzene rings is 4. The first kappa shape index (κ1) is 23.6. The molecule has 5 aromatic rings. The first-order valence-electron chi connectivity index (χ1n) is 12.9. The number of unbranched alkanes of at least 4 members (excludes halogenated alkanes) is 2. The highest BCUT2D eigenvalue weighted by Gasteiger charge is 2.27. The van der Waals surface area contributed by atoms with Gasteiger partial charge in [-0.25, -0.2) is 9.80 Å². The number of hydrazone groups is 1. The van der Waals surface area contributed by atoms with Crippen LogP contribution in [0.5, 0.6) is 0 Å². The average molecular weight is 502 g/mol. The van der Waals surface area contributed by atoms with E-state index in [1.165, 1.54) is 0 Å². The third-order valence-electron chi connectivity index (χ3n) is 6.72. The van der Waals surface area contributed by atoms with Gasteiger partial charge in [-0.05, 0) is 60.0 Å². The van der Waals surface area contributed by atoms with Crippen LogP contribution in [0.1, 0.15) is 47.7 Å². The number of aromatic amines is 1. The Bertz CT molecular complexity index is 1640. The van der Waals surface area contributed by atoms with E-state index >= 15 is 0 Å². The quantitative estimate of drug-likeness (QED) is 0.140. The SMILES string of the molecule is CCCCCOC(=O)c1ccc2c(c1)-c1ccccc1/C2=N/N(c1ccccc1)c1ccc2nn[nH]c2c1. The van der Waals surface area contributed by atoms with E-state index in [-0.39, 0.29) is 5.97 Å². The van der Waals surface area contributed by atoms with Gasteiger partial charge in [0.15, 0.2) is 0 Å². The summed E-state index contributed by atoms with van der Waals surface area (Å²) >= 11 is 0. The van der Waals surface area contributed by atoms with E-state index < -0.39 is 0 Å². The fraction of sp³-hybridized carbons (Fsp3) is 0.161. The predicted octanol–water partition coefficient (Wildman–Crippen LogP) is 6.88. The minimum Gasteiger partial charge on any atom is -0.462 e. The van der Waals surface area contributed by atoms with Crippen molar-refractivity contribution in [1.82, 2.24) is 15.4 Å². The lowest BCUT2D eigenvalue weighted by Crippen LogP contribution is -2.14. The lowest BCUT2D eigenvalue weighted by molar-refractivity contribution is 0.0498. The molecule has 1 N–H and O–H groups in total. The molecule has 1 aromatic heterocycles. The van der Waals surface area contributed by atoms with Crippen molar-refractivity contribution in [1.29, 1.82) is 0 Å². The zero-order chi connectivity index (χ0) is 25.9. The molecular weight excluding hydrogens is 474 g/mol. The normalized spacial score (nSPS) is 12.9. The Morgan fingerprint density at radius 2 is 1.63 bits per heavy atom. The van der Waals surface area contributed by atoms with Crippen LogP contribution in [0.4, 0.5) is 11.4 Å². The maximum Gasteiger partial charge on any atom is 0.338 e. The van der Waals surface area contributed by atoms with Crippen LogP contribution in [-0.2, 0) is 4.74 Å². The number of fused-ring (bicyclic) bond motifs is 4. The highest BCUT2D eigenvalue weighted by Crippen LogP contribution is 2.39. The van der Waals surface area contributed by atoms with E-state index in [4.69, 9.17) is 9.84 Å². The molecule has 0 amide bonds. The summed E-state index contributed by atoms with van der Waals surface area (Å²) in [4.78, 5) is 12.8. The summed E-state index contributed by atoms with van der Waals surface area (Å²) < 4.78 is 5.52. The average Bonchev–Trinajstić information content (AvgIpc) is 3.56. The Hall–Kier alpha value is -4.78. The highest BCUT2D eigenvalue weighted by atomic mass is 16.5. The lowest BCUT2D eigenvalue weighted by atomic mass is 10.0. The van der Waals surface area contributed by atoms with Gasteiger partial charge >= 0.3 is 5.97 Å². The van der Waals surface area contributed by atoms with Gasteiger partial charge in [0, 0.05) is 11.1 Å². The van der Waals surface area contributed by atoms with Gasteiger partial charge in [0.25, 0.3) is 0 Å². The topological polar surface area (TPSA) is 83.5 Å². The summed E-state index contributed by atoms with van der Waals surface area (Å²) in [5.74, 6) is -0.292. The molecule has 6 rings (SSSR count). The number of esters is 1. The van der Waals surface area contributed by atoms with Crippen molar-refractivity contribution in [2.75, 3.05) is 11.6 Å². The highest BCUT2D eigenvalue weighted by molar-refractivity contribution is 6.25. The molecule has 0 saturated carbocycles. The standard InChI is InChI=1S/C31H27N5O2/c1-2-3-9-18-38-31(37)21-14-16-26-27(19-21)24-12-7-8-13-25(24)30(26)34-36(22-10-5-4-6-11-22)23-15-17-28-29(20-23)33-35-32-28/h4-8,10-17,19-20H,2-3,9,18H2,1H3,(H,32,33,35)/b34-30-. The lowest BCUT2D eigenvalue weighted by Gasteiger charge is -2.21. The van der Waals surface area contributed by atoms with Gasteiger partial charge in [-0.3, -0.25) is 5.10 Å². The smallest absolute Gasteiger partial charge is 0.338 e. The van der Waals surface area contributed by atoms with Gasteiger partial charge < -0.3 is 4.74 Å². The predicted molar refractivity (Wildman–Crippen MR) is 150 cm³/mol. The van der Waals surface area contributed by atoms with Crippen LogP contribution in [0.25, 0.3) is 22.2 Å². The number of anilines is 2. The molecule has 0 aliphatic heterocycles. The summed E-state index contributed by atoms with van der Waals surface area (Å²) in [5, 5.41) is 18.1. The van der Waals surface area contributed by atoms with Gasteiger partial charge in [-0.1, -0.05) is 73.5 Å². The number of hydrogen-bond acceptors (Lipinski definition) is 6. The maximum absolute atomic E-state index is 12.8. The number of nitrogens with one attached hydrogen (secondary N) is 1. The second-order valence-electron chi connectivity index (χ2n) is 9.26. The Balaban J connectivity index is 1.43. The molecule has 188 valence electrons. The molecule has 0 bridgehead atoms. The number of ether oxygens (including phenoxy) is 1. The van der Waals surface area contributed by atoms with Crippen molar-refractivity contribution in [2.24, 2.45) is 5.10 Å². The molecule has 1 aliphatic carbocycles. The third kappa shape index (κ3) is 4.43. The summed E-state index contributed by atoms with van der Waals surface area (Å²) in [6.45, 7) is 2.57. The monoisotopic (exact) mass is 501 g/mol. The first-order chi connectivity index (χ1) is 18.7. The minimum absolute atomic E-state index is 0.292. The zero-order valence-corrected chi connectivity index (χ0v) is 21.1. The second-order valence-corrected chi connectivity index (χ2v) is 9.26. The molecule has 7 heteroatoms. The molecule has 0 atom stereocenters. The Morgan fingerprint density at radius 3 is 2.47 bits per heavy atom. The molecule has 38 heavy (non-hydrogen) atoms. The molecule has 0 spiro atoms. The summed E-state index contributed by atoms with van der Waals surface area (Å²) in [6.07, 6.45) is 3.01. The molecule has 1 heterocycles. The number of carbonyl (C=O) groups excluding carboxylic acids is 1. The van der Waals surface area contributed by atoms with E-state index in [0.29, 0.717) is 12.2 Å². The summed E-state index contributed by atoms with van der Waals surface area (Å²) in [5.41, 5.74) is 8.81. The summed E-state index contributed by atoms with van der Waals surface area (Å²) in [7, 11) is 0. The van der Waals surface area contributed by atoms with E-state index in [2.05, 4.69) is 34.5 Å². The van der Waals surface area contributed by atoms with Crippen LogP contribution in [0, 0.1) is 0 Å². The van der Waals surface area contributed by atoms with Crippen LogP contribution in [-0.4, -0.2) is 33.7 Å². The van der Waals surface area contributed by atoms with Gasteiger partial charge in [0.05, 0.1) is 34.8 Å². The van der Waals surface area contributed by atoms with Gasteiger partial charge in [0.2, 0.25) is 0 Å². The molecule has 1 aliphatic rings. The molecule has 7 nitrogen and oxygen atoms in total. The largest absolute Gasteiger partial charge is 0.462 e. The Labute approximate surface area is 220 Å². The van der Waals surface area contributed by atoms with Crippen LogP contribution in [0.15, 0.2) is 96.1 Å². The number of para-hydroxylation sites is 1. The van der Waals surface area contributed by atoms with Crippen molar-refractivity contribution in [3.05, 3.63) is 108 Å².